The zero-order valence-corrected chi connectivity index (χ0v) is 28.3. The van der Waals surface area contributed by atoms with Gasteiger partial charge in [-0.15, -0.1) is 0 Å². The van der Waals surface area contributed by atoms with Gasteiger partial charge in [-0.2, -0.15) is 0 Å². The minimum absolute atomic E-state index is 0.0365. The molecule has 0 fully saturated rings. The summed E-state index contributed by atoms with van der Waals surface area (Å²) >= 11 is 0. The van der Waals surface area contributed by atoms with Crippen LogP contribution in [0.15, 0.2) is 91.5 Å². The van der Waals surface area contributed by atoms with Crippen LogP contribution in [0.2, 0.25) is 0 Å². The first-order valence-corrected chi connectivity index (χ1v) is 16.4. The van der Waals surface area contributed by atoms with Crippen molar-refractivity contribution in [1.82, 2.24) is 9.97 Å². The molecule has 0 radical (unpaired) electrons. The van der Waals surface area contributed by atoms with Crippen LogP contribution in [-0.4, -0.2) is 23.0 Å². The number of aromatic nitrogens is 2. The van der Waals surface area contributed by atoms with E-state index in [9.17, 15) is 4.79 Å². The molecule has 0 bridgehead atoms. The first-order chi connectivity index (χ1) is 22.7. The van der Waals surface area contributed by atoms with Crippen LogP contribution in [0.5, 0.6) is 0 Å². The van der Waals surface area contributed by atoms with E-state index in [4.69, 9.17) is 0 Å². The SMILES string of the molecule is Cc1cc(C)c(-c2cccnc2)c(C)c1B1c2c(cc(C)c(-c3cccnc3)c2C)Cc2c1c(C)cc(C)c2-c1ccc(C=O)cc1. The quantitative estimate of drug-likeness (QED) is 0.147. The molecule has 0 saturated carbocycles. The third-order valence-corrected chi connectivity index (χ3v) is 10.3. The van der Waals surface area contributed by atoms with Gasteiger partial charge in [0.05, 0.1) is 0 Å². The summed E-state index contributed by atoms with van der Waals surface area (Å²) in [6.45, 7) is 15.9. The van der Waals surface area contributed by atoms with Gasteiger partial charge < -0.3 is 0 Å². The van der Waals surface area contributed by atoms with Crippen molar-refractivity contribution in [2.24, 2.45) is 0 Å². The monoisotopic (exact) mass is 610 g/mol. The molecule has 7 rings (SSSR count). The van der Waals surface area contributed by atoms with E-state index in [1.165, 1.54) is 83.1 Å². The number of fused-ring (bicyclic) bond motifs is 2. The van der Waals surface area contributed by atoms with Crippen LogP contribution >= 0.6 is 0 Å². The number of benzene rings is 4. The molecule has 0 N–H and O–H groups in total. The Morgan fingerprint density at radius 3 is 1.66 bits per heavy atom. The van der Waals surface area contributed by atoms with Crippen LogP contribution < -0.4 is 16.4 Å². The number of carbonyl (C=O) groups is 1. The number of nitrogens with zero attached hydrogens (tertiary/aromatic N) is 2. The van der Waals surface area contributed by atoms with Crippen LogP contribution in [0.4, 0.5) is 0 Å². The third kappa shape index (κ3) is 5.04. The van der Waals surface area contributed by atoms with Gasteiger partial charge in [0.25, 0.3) is 0 Å². The van der Waals surface area contributed by atoms with Gasteiger partial charge in [0.2, 0.25) is 6.71 Å². The lowest BCUT2D eigenvalue weighted by Crippen LogP contribution is -2.60. The second kappa shape index (κ2) is 11.9. The summed E-state index contributed by atoms with van der Waals surface area (Å²) in [5, 5.41) is 0. The second-order valence-corrected chi connectivity index (χ2v) is 13.3. The van der Waals surface area contributed by atoms with E-state index in [1.807, 2.05) is 49.1 Å². The van der Waals surface area contributed by atoms with Crippen molar-refractivity contribution in [3.8, 4) is 33.4 Å². The molecule has 0 amide bonds. The van der Waals surface area contributed by atoms with Crippen LogP contribution in [0, 0.1) is 48.5 Å². The van der Waals surface area contributed by atoms with E-state index >= 15 is 0 Å². The number of hydrogen-bond acceptors (Lipinski definition) is 3. The van der Waals surface area contributed by atoms with Crippen molar-refractivity contribution in [3.05, 3.63) is 147 Å². The molecule has 1 aliphatic heterocycles. The molecule has 0 unspecified atom stereocenters. The van der Waals surface area contributed by atoms with Gasteiger partial charge in [0.1, 0.15) is 6.29 Å². The molecule has 0 spiro atoms. The lowest BCUT2D eigenvalue weighted by atomic mass is 9.30. The van der Waals surface area contributed by atoms with Gasteiger partial charge in [-0.05, 0) is 128 Å². The Hall–Kier alpha value is -5.09. The number of hydrogen-bond donors (Lipinski definition) is 0. The van der Waals surface area contributed by atoms with E-state index in [-0.39, 0.29) is 6.71 Å². The van der Waals surface area contributed by atoms with E-state index in [1.54, 1.807) is 0 Å². The van der Waals surface area contributed by atoms with Crippen molar-refractivity contribution in [1.29, 1.82) is 0 Å². The fourth-order valence-electron chi connectivity index (χ4n) is 8.61. The minimum Gasteiger partial charge on any atom is -0.298 e. The smallest absolute Gasteiger partial charge is 0.243 e. The third-order valence-electron chi connectivity index (χ3n) is 10.3. The molecule has 4 heteroatoms. The number of aldehydes is 1. The Balaban J connectivity index is 1.60. The normalized spacial score (nSPS) is 12.1. The summed E-state index contributed by atoms with van der Waals surface area (Å²) in [5.74, 6) is 0. The highest BCUT2D eigenvalue weighted by Gasteiger charge is 2.38. The fraction of sp³-hybridized carbons (Fsp3) is 0.186. The molecular formula is C43H39BN2O. The standard InChI is InChI=1S/C43H39BN2O/c1-25-18-28(4)41(30(6)38(25)34-10-8-16-45-22-34)44-42-29(5)19-26(2)40(33-14-12-32(24-47)13-15-33)37(42)21-36-20-27(3)39(31(7)43(36)44)35-11-9-17-46-23-35/h8-20,22-24H,21H2,1-7H3. The Morgan fingerprint density at radius 2 is 1.11 bits per heavy atom. The Bertz CT molecular complexity index is 2130. The molecule has 0 saturated heterocycles. The van der Waals surface area contributed by atoms with E-state index in [0.717, 1.165) is 29.4 Å². The molecule has 2 aromatic heterocycles. The van der Waals surface area contributed by atoms with Gasteiger partial charge in [-0.25, -0.2) is 0 Å². The predicted molar refractivity (Wildman–Crippen MR) is 197 cm³/mol. The molecule has 47 heavy (non-hydrogen) atoms. The summed E-state index contributed by atoms with van der Waals surface area (Å²) in [6, 6.07) is 23.7. The molecule has 3 heterocycles. The summed E-state index contributed by atoms with van der Waals surface area (Å²) in [7, 11) is 0. The first-order valence-electron chi connectivity index (χ1n) is 16.4. The van der Waals surface area contributed by atoms with Crippen molar-refractivity contribution in [2.75, 3.05) is 0 Å². The summed E-state index contributed by atoms with van der Waals surface area (Å²) in [6.07, 6.45) is 9.44. The highest BCUT2D eigenvalue weighted by atomic mass is 16.1. The number of rotatable bonds is 5. The molecule has 6 aromatic rings. The molecule has 0 atom stereocenters. The Labute approximate surface area is 278 Å². The van der Waals surface area contributed by atoms with Crippen molar-refractivity contribution >= 4 is 29.4 Å². The maximum Gasteiger partial charge on any atom is 0.243 e. The maximum absolute atomic E-state index is 11.5. The van der Waals surface area contributed by atoms with Gasteiger partial charge in [0, 0.05) is 41.5 Å². The van der Waals surface area contributed by atoms with E-state index < -0.39 is 0 Å². The molecule has 1 aliphatic rings. The molecule has 230 valence electrons. The van der Waals surface area contributed by atoms with Crippen LogP contribution in [0.1, 0.15) is 60.4 Å². The first kappa shape index (κ1) is 30.6. The number of aryl methyl sites for hydroxylation is 5. The average Bonchev–Trinajstić information content (AvgIpc) is 3.05. The van der Waals surface area contributed by atoms with E-state index in [0.29, 0.717) is 5.56 Å². The van der Waals surface area contributed by atoms with Gasteiger partial charge in [0.15, 0.2) is 0 Å². The van der Waals surface area contributed by atoms with Crippen LogP contribution in [0.25, 0.3) is 33.4 Å². The van der Waals surface area contributed by atoms with E-state index in [2.05, 4.69) is 101 Å². The fourth-order valence-corrected chi connectivity index (χ4v) is 8.61. The second-order valence-electron chi connectivity index (χ2n) is 13.3. The minimum atomic E-state index is 0.0365. The Kier molecular flexibility index (Phi) is 7.76. The number of carbonyl (C=O) groups excluding carboxylic acids is 1. The predicted octanol–water partition coefficient (Wildman–Crippen LogP) is 7.87. The topological polar surface area (TPSA) is 42.9 Å². The summed E-state index contributed by atoms with van der Waals surface area (Å²) in [5.41, 5.74) is 23.9. The molecule has 3 nitrogen and oxygen atoms in total. The zero-order valence-electron chi connectivity index (χ0n) is 28.3. The van der Waals surface area contributed by atoms with Crippen LogP contribution in [0.3, 0.4) is 0 Å². The van der Waals surface area contributed by atoms with Crippen molar-refractivity contribution < 1.29 is 4.79 Å². The maximum atomic E-state index is 11.5. The molecular weight excluding hydrogens is 571 g/mol. The number of pyridine rings is 2. The lowest BCUT2D eigenvalue weighted by molar-refractivity contribution is 0.112. The van der Waals surface area contributed by atoms with Crippen LogP contribution in [-0.2, 0) is 6.42 Å². The average molecular weight is 611 g/mol. The summed E-state index contributed by atoms with van der Waals surface area (Å²) in [4.78, 5) is 20.5. The van der Waals surface area contributed by atoms with Gasteiger partial charge in [-0.1, -0.05) is 82.1 Å². The van der Waals surface area contributed by atoms with Gasteiger partial charge >= 0.3 is 0 Å². The van der Waals surface area contributed by atoms with Gasteiger partial charge in [-0.3, -0.25) is 14.8 Å². The largest absolute Gasteiger partial charge is 0.298 e. The highest BCUT2D eigenvalue weighted by Crippen LogP contribution is 2.36. The molecule has 0 aliphatic carbocycles. The Morgan fingerprint density at radius 1 is 0.574 bits per heavy atom. The van der Waals surface area contributed by atoms with Crippen molar-refractivity contribution in [2.45, 2.75) is 54.9 Å². The molecule has 4 aromatic carbocycles. The zero-order chi connectivity index (χ0) is 33.0. The lowest BCUT2D eigenvalue weighted by Gasteiger charge is -2.35. The van der Waals surface area contributed by atoms with Crippen molar-refractivity contribution in [3.63, 3.8) is 0 Å². The highest BCUT2D eigenvalue weighted by molar-refractivity contribution is 6.97. The summed E-state index contributed by atoms with van der Waals surface area (Å²) < 4.78 is 0.